The number of nitrogens with zero attached hydrogens (tertiary/aromatic N) is 2. The quantitative estimate of drug-likeness (QED) is 0.446. The summed E-state index contributed by atoms with van der Waals surface area (Å²) in [5, 5.41) is 3.52. The number of nitrogens with one attached hydrogen (secondary N) is 1. The third-order valence-electron chi connectivity index (χ3n) is 6.89. The topological polar surface area (TPSA) is 65.4 Å². The summed E-state index contributed by atoms with van der Waals surface area (Å²) in [7, 11) is 3.26. The Balaban J connectivity index is 1.47. The number of methoxy groups -OCH3 is 2. The highest BCUT2D eigenvalue weighted by Crippen LogP contribution is 2.46. The Bertz CT molecular complexity index is 1440. The molecule has 2 atom stereocenters. The maximum atomic E-state index is 13.8. The number of para-hydroxylation sites is 2. The fourth-order valence-corrected chi connectivity index (χ4v) is 5.32. The molecule has 1 aliphatic heterocycles. The van der Waals surface area contributed by atoms with E-state index < -0.39 is 0 Å². The van der Waals surface area contributed by atoms with Crippen molar-refractivity contribution in [1.29, 1.82) is 0 Å². The molecule has 0 saturated carbocycles. The Morgan fingerprint density at radius 2 is 1.65 bits per heavy atom. The van der Waals surface area contributed by atoms with Crippen LogP contribution >= 0.6 is 0 Å². The molecule has 0 saturated heterocycles. The number of aromatic nitrogens is 2. The van der Waals surface area contributed by atoms with Crippen LogP contribution in [0.2, 0.25) is 0 Å². The second-order valence-electron chi connectivity index (χ2n) is 8.77. The van der Waals surface area contributed by atoms with Crippen LogP contribution in [-0.4, -0.2) is 29.6 Å². The van der Waals surface area contributed by atoms with E-state index in [4.69, 9.17) is 14.5 Å². The minimum atomic E-state index is -0.210. The van der Waals surface area contributed by atoms with Gasteiger partial charge in [0.2, 0.25) is 5.95 Å². The van der Waals surface area contributed by atoms with E-state index >= 15 is 0 Å². The summed E-state index contributed by atoms with van der Waals surface area (Å²) in [4.78, 5) is 18.6. The molecule has 2 aliphatic rings. The molecule has 1 N–H and O–H groups in total. The van der Waals surface area contributed by atoms with Crippen LogP contribution in [0.5, 0.6) is 11.5 Å². The summed E-state index contributed by atoms with van der Waals surface area (Å²) in [6.45, 7) is 0. The zero-order valence-corrected chi connectivity index (χ0v) is 19.1. The number of ether oxygens (including phenoxy) is 2. The van der Waals surface area contributed by atoms with Gasteiger partial charge in [0, 0.05) is 17.7 Å². The van der Waals surface area contributed by atoms with Crippen molar-refractivity contribution < 1.29 is 14.3 Å². The monoisotopic (exact) mass is 451 g/mol. The number of fused-ring (bicyclic) bond motifs is 3. The molecule has 3 aromatic carbocycles. The van der Waals surface area contributed by atoms with Gasteiger partial charge in [-0.2, -0.15) is 0 Å². The molecule has 6 rings (SSSR count). The maximum absolute atomic E-state index is 13.8. The average Bonchev–Trinajstić information content (AvgIpc) is 3.25. The van der Waals surface area contributed by atoms with Gasteiger partial charge in [-0.1, -0.05) is 48.5 Å². The summed E-state index contributed by atoms with van der Waals surface area (Å²) in [6.07, 6.45) is 1.17. The fraction of sp³-hybridized carbons (Fsp3) is 0.214. The molecule has 0 radical (unpaired) electrons. The number of ketones is 1. The molecule has 0 amide bonds. The smallest absolute Gasteiger partial charge is 0.209 e. The first-order chi connectivity index (χ1) is 16.7. The number of hydrogen-bond donors (Lipinski definition) is 1. The van der Waals surface area contributed by atoms with Crippen LogP contribution in [-0.2, 0) is 4.79 Å². The Labute approximate surface area is 197 Å². The highest BCUT2D eigenvalue weighted by Gasteiger charge is 2.39. The number of rotatable bonds is 4. The number of benzene rings is 3. The van der Waals surface area contributed by atoms with E-state index in [1.165, 1.54) is 0 Å². The van der Waals surface area contributed by atoms with Gasteiger partial charge in [0.15, 0.2) is 17.3 Å². The molecule has 6 nitrogen and oxygen atoms in total. The number of allylic oxidation sites excluding steroid dienone is 2. The molecule has 1 aliphatic carbocycles. The van der Waals surface area contributed by atoms with Crippen molar-refractivity contribution in [3.8, 4) is 11.5 Å². The standard InChI is InChI=1S/C28H25N3O3/c1-33-24-13-12-18(16-25(24)34-2)19-14-21-26(23(32)15-19)27(17-8-4-3-5-9-17)31-22-11-7-6-10-20(22)29-28(31)30-21/h3-13,16,19,27H,14-15H2,1-2H3,(H,29,30). The summed E-state index contributed by atoms with van der Waals surface area (Å²) < 4.78 is 13.1. The first-order valence-electron chi connectivity index (χ1n) is 11.4. The highest BCUT2D eigenvalue weighted by molar-refractivity contribution is 6.01. The number of Topliss-reactive ketones (excluding diaryl/α,β-unsaturated/α-hetero) is 1. The van der Waals surface area contributed by atoms with Crippen LogP contribution < -0.4 is 14.8 Å². The van der Waals surface area contributed by atoms with Crippen molar-refractivity contribution in [2.45, 2.75) is 24.8 Å². The number of imidazole rings is 1. The Morgan fingerprint density at radius 1 is 0.882 bits per heavy atom. The van der Waals surface area contributed by atoms with Crippen molar-refractivity contribution in [2.75, 3.05) is 19.5 Å². The van der Waals surface area contributed by atoms with Crippen molar-refractivity contribution >= 4 is 22.8 Å². The van der Waals surface area contributed by atoms with E-state index in [1.54, 1.807) is 14.2 Å². The first kappa shape index (κ1) is 20.5. The molecule has 0 fully saturated rings. The van der Waals surface area contributed by atoms with Gasteiger partial charge in [0.1, 0.15) is 0 Å². The largest absolute Gasteiger partial charge is 0.493 e. The summed E-state index contributed by atoms with van der Waals surface area (Å²) in [5.41, 5.74) is 5.86. The number of anilines is 1. The zero-order chi connectivity index (χ0) is 23.2. The molecule has 6 heteroatoms. The Kier molecular flexibility index (Phi) is 4.87. The number of carbonyl (C=O) groups excluding carboxylic acids is 1. The minimum absolute atomic E-state index is 0.0471. The molecule has 0 spiro atoms. The van der Waals surface area contributed by atoms with E-state index in [1.807, 2.05) is 54.6 Å². The Hall–Kier alpha value is -4.06. The van der Waals surface area contributed by atoms with E-state index in [2.05, 4.69) is 28.1 Å². The minimum Gasteiger partial charge on any atom is -0.493 e. The Morgan fingerprint density at radius 3 is 2.44 bits per heavy atom. The van der Waals surface area contributed by atoms with E-state index in [0.717, 1.165) is 45.8 Å². The maximum Gasteiger partial charge on any atom is 0.209 e. The van der Waals surface area contributed by atoms with Gasteiger partial charge in [-0.3, -0.25) is 9.36 Å². The summed E-state index contributed by atoms with van der Waals surface area (Å²) in [5.74, 6) is 2.33. The van der Waals surface area contributed by atoms with Crippen molar-refractivity contribution in [3.63, 3.8) is 0 Å². The molecule has 4 aromatic rings. The molecular weight excluding hydrogens is 426 g/mol. The lowest BCUT2D eigenvalue weighted by Gasteiger charge is -2.36. The molecule has 170 valence electrons. The van der Waals surface area contributed by atoms with E-state index in [-0.39, 0.29) is 17.7 Å². The zero-order valence-electron chi connectivity index (χ0n) is 19.1. The third-order valence-corrected chi connectivity index (χ3v) is 6.89. The lowest BCUT2D eigenvalue weighted by molar-refractivity contribution is -0.116. The molecular formula is C28H25N3O3. The van der Waals surface area contributed by atoms with E-state index in [9.17, 15) is 4.79 Å². The second-order valence-corrected chi connectivity index (χ2v) is 8.77. The molecule has 34 heavy (non-hydrogen) atoms. The number of hydrogen-bond acceptors (Lipinski definition) is 5. The average molecular weight is 452 g/mol. The molecule has 2 heterocycles. The second kappa shape index (κ2) is 8.06. The van der Waals surface area contributed by atoms with Gasteiger partial charge in [-0.15, -0.1) is 0 Å². The fourth-order valence-electron chi connectivity index (χ4n) is 5.32. The van der Waals surface area contributed by atoms with Crippen molar-refractivity contribution in [1.82, 2.24) is 9.55 Å². The van der Waals surface area contributed by atoms with Gasteiger partial charge >= 0.3 is 0 Å². The van der Waals surface area contributed by atoms with Crippen LogP contribution in [0.15, 0.2) is 84.1 Å². The van der Waals surface area contributed by atoms with Crippen molar-refractivity contribution in [2.24, 2.45) is 0 Å². The first-order valence-corrected chi connectivity index (χ1v) is 11.4. The lowest BCUT2D eigenvalue weighted by Crippen LogP contribution is -2.33. The highest BCUT2D eigenvalue weighted by atomic mass is 16.5. The van der Waals surface area contributed by atoms with Gasteiger partial charge in [0.05, 0.1) is 31.3 Å². The van der Waals surface area contributed by atoms with E-state index in [0.29, 0.717) is 17.9 Å². The van der Waals surface area contributed by atoms with Gasteiger partial charge in [-0.25, -0.2) is 4.98 Å². The third kappa shape index (κ3) is 3.17. The number of carbonyl (C=O) groups is 1. The van der Waals surface area contributed by atoms with Gasteiger partial charge < -0.3 is 14.8 Å². The SMILES string of the molecule is COc1ccc(C2CC(=O)C3=C(C2)Nc2nc4ccccc4n2C3c2ccccc2)cc1OC. The van der Waals surface area contributed by atoms with Crippen LogP contribution in [0.25, 0.3) is 11.0 Å². The molecule has 0 bridgehead atoms. The van der Waals surface area contributed by atoms with Crippen LogP contribution in [0.1, 0.15) is 35.9 Å². The predicted molar refractivity (Wildman–Crippen MR) is 131 cm³/mol. The molecule has 1 aromatic heterocycles. The summed E-state index contributed by atoms with van der Waals surface area (Å²) >= 11 is 0. The predicted octanol–water partition coefficient (Wildman–Crippen LogP) is 5.47. The van der Waals surface area contributed by atoms with Crippen LogP contribution in [0.4, 0.5) is 5.95 Å². The van der Waals surface area contributed by atoms with Crippen LogP contribution in [0, 0.1) is 0 Å². The lowest BCUT2D eigenvalue weighted by atomic mass is 9.77. The van der Waals surface area contributed by atoms with Crippen LogP contribution in [0.3, 0.4) is 0 Å². The molecule has 2 unspecified atom stereocenters. The summed E-state index contributed by atoms with van der Waals surface area (Å²) in [6, 6.07) is 24.0. The van der Waals surface area contributed by atoms with Gasteiger partial charge in [-0.05, 0) is 47.7 Å². The normalized spacial score (nSPS) is 19.4. The van der Waals surface area contributed by atoms with Crippen molar-refractivity contribution in [3.05, 3.63) is 95.2 Å². The van der Waals surface area contributed by atoms with Gasteiger partial charge in [0.25, 0.3) is 0 Å².